The molecule has 19 heavy (non-hydrogen) atoms. The molecule has 2 saturated heterocycles. The lowest BCUT2D eigenvalue weighted by Gasteiger charge is -2.35. The molecule has 3 nitrogen and oxygen atoms in total. The van der Waals surface area contributed by atoms with Crippen LogP contribution in [-0.4, -0.2) is 36.5 Å². The van der Waals surface area contributed by atoms with Gasteiger partial charge >= 0.3 is 0 Å². The average Bonchev–Trinajstić information content (AvgIpc) is 2.46. The fourth-order valence-corrected chi connectivity index (χ4v) is 3.29. The van der Waals surface area contributed by atoms with E-state index in [9.17, 15) is 4.79 Å². The van der Waals surface area contributed by atoms with Crippen molar-refractivity contribution in [1.29, 1.82) is 0 Å². The quantitative estimate of drug-likeness (QED) is 0.848. The van der Waals surface area contributed by atoms with Crippen LogP contribution in [0.1, 0.15) is 58.8 Å². The molecule has 2 heterocycles. The molecule has 2 aliphatic heterocycles. The summed E-state index contributed by atoms with van der Waals surface area (Å²) in [6.07, 6.45) is 8.57. The lowest BCUT2D eigenvalue weighted by Crippen LogP contribution is -2.50. The van der Waals surface area contributed by atoms with Crippen molar-refractivity contribution in [3.8, 4) is 0 Å². The zero-order valence-electron chi connectivity index (χ0n) is 12.7. The summed E-state index contributed by atoms with van der Waals surface area (Å²) in [5.41, 5.74) is 0. The number of carbonyl (C=O) groups excluding carboxylic acids is 1. The monoisotopic (exact) mass is 266 g/mol. The Hall–Kier alpha value is -0.570. The van der Waals surface area contributed by atoms with Crippen LogP contribution in [0.3, 0.4) is 0 Å². The van der Waals surface area contributed by atoms with Crippen LogP contribution < -0.4 is 5.32 Å². The minimum atomic E-state index is 0.112. The van der Waals surface area contributed by atoms with E-state index in [1.165, 1.54) is 38.5 Å². The molecule has 0 aliphatic carbocycles. The van der Waals surface area contributed by atoms with Crippen LogP contribution in [0.25, 0.3) is 0 Å². The number of nitrogens with one attached hydrogen (secondary N) is 1. The molecule has 110 valence electrons. The molecule has 1 unspecified atom stereocenters. The van der Waals surface area contributed by atoms with Gasteiger partial charge in [-0.2, -0.15) is 0 Å². The number of hydrogen-bond donors (Lipinski definition) is 1. The van der Waals surface area contributed by atoms with Gasteiger partial charge in [0.25, 0.3) is 0 Å². The van der Waals surface area contributed by atoms with Gasteiger partial charge in [0, 0.05) is 13.1 Å². The molecular formula is C16H30N2O. The van der Waals surface area contributed by atoms with Crippen LogP contribution >= 0.6 is 0 Å². The second-order valence-corrected chi connectivity index (χ2v) is 6.74. The Morgan fingerprint density at radius 3 is 2.53 bits per heavy atom. The van der Waals surface area contributed by atoms with Gasteiger partial charge in [-0.1, -0.05) is 33.1 Å². The highest BCUT2D eigenvalue weighted by Gasteiger charge is 2.28. The van der Waals surface area contributed by atoms with Gasteiger partial charge < -0.3 is 10.2 Å². The first-order valence-corrected chi connectivity index (χ1v) is 8.19. The second-order valence-electron chi connectivity index (χ2n) is 6.74. The Morgan fingerprint density at radius 2 is 1.95 bits per heavy atom. The summed E-state index contributed by atoms with van der Waals surface area (Å²) in [4.78, 5) is 14.5. The highest BCUT2D eigenvalue weighted by molar-refractivity contribution is 5.82. The van der Waals surface area contributed by atoms with E-state index >= 15 is 0 Å². The van der Waals surface area contributed by atoms with E-state index < -0.39 is 0 Å². The Labute approximate surface area is 118 Å². The summed E-state index contributed by atoms with van der Waals surface area (Å²) < 4.78 is 0. The van der Waals surface area contributed by atoms with E-state index in [1.54, 1.807) is 0 Å². The summed E-state index contributed by atoms with van der Waals surface area (Å²) in [6, 6.07) is 0.112. The average molecular weight is 266 g/mol. The lowest BCUT2D eigenvalue weighted by atomic mass is 9.89. The molecule has 0 spiro atoms. The molecule has 2 fully saturated rings. The first-order valence-electron chi connectivity index (χ1n) is 8.19. The van der Waals surface area contributed by atoms with Crippen molar-refractivity contribution in [2.75, 3.05) is 19.6 Å². The van der Waals surface area contributed by atoms with Crippen LogP contribution in [0.15, 0.2) is 0 Å². The first-order chi connectivity index (χ1) is 9.16. The van der Waals surface area contributed by atoms with Crippen LogP contribution in [-0.2, 0) is 4.79 Å². The molecule has 0 saturated carbocycles. The lowest BCUT2D eigenvalue weighted by molar-refractivity contribution is -0.135. The minimum absolute atomic E-state index is 0.112. The van der Waals surface area contributed by atoms with Gasteiger partial charge in [-0.05, 0) is 44.1 Å². The third kappa shape index (κ3) is 4.48. The van der Waals surface area contributed by atoms with Crippen LogP contribution in [0, 0.1) is 11.8 Å². The third-order valence-electron chi connectivity index (χ3n) is 4.69. The van der Waals surface area contributed by atoms with Crippen LogP contribution in [0.2, 0.25) is 0 Å². The molecule has 1 amide bonds. The molecule has 1 atom stereocenters. The van der Waals surface area contributed by atoms with Crippen molar-refractivity contribution in [3.05, 3.63) is 0 Å². The molecule has 0 bridgehead atoms. The topological polar surface area (TPSA) is 32.3 Å². The van der Waals surface area contributed by atoms with E-state index in [1.807, 2.05) is 0 Å². The third-order valence-corrected chi connectivity index (χ3v) is 4.69. The second kappa shape index (κ2) is 7.28. The Balaban J connectivity index is 1.71. The SMILES string of the molecule is CC(C)CCC1CCN(C(=O)C2CCCCN2)CC1. The van der Waals surface area contributed by atoms with Crippen molar-refractivity contribution in [3.63, 3.8) is 0 Å². The predicted octanol–water partition coefficient (Wildman–Crippen LogP) is 2.80. The van der Waals surface area contributed by atoms with E-state index in [0.29, 0.717) is 5.91 Å². The molecule has 3 heteroatoms. The van der Waals surface area contributed by atoms with Gasteiger partial charge in [0.15, 0.2) is 0 Å². The molecule has 2 aliphatic rings. The number of hydrogen-bond acceptors (Lipinski definition) is 2. The van der Waals surface area contributed by atoms with Crippen LogP contribution in [0.4, 0.5) is 0 Å². The number of carbonyl (C=O) groups is 1. The highest BCUT2D eigenvalue weighted by Crippen LogP contribution is 2.24. The normalized spacial score (nSPS) is 25.8. The van der Waals surface area contributed by atoms with E-state index in [-0.39, 0.29) is 6.04 Å². The zero-order valence-corrected chi connectivity index (χ0v) is 12.7. The van der Waals surface area contributed by atoms with Gasteiger partial charge in [0.2, 0.25) is 5.91 Å². The van der Waals surface area contributed by atoms with Gasteiger partial charge in [-0.25, -0.2) is 0 Å². The maximum Gasteiger partial charge on any atom is 0.239 e. The summed E-state index contributed by atoms with van der Waals surface area (Å²) in [5, 5.41) is 3.38. The number of rotatable bonds is 4. The number of piperidine rings is 2. The summed E-state index contributed by atoms with van der Waals surface area (Å²) >= 11 is 0. The molecule has 0 aromatic carbocycles. The number of likely N-dealkylation sites (tertiary alicyclic amines) is 1. The molecule has 0 aromatic rings. The molecular weight excluding hydrogens is 236 g/mol. The van der Waals surface area contributed by atoms with Crippen molar-refractivity contribution in [1.82, 2.24) is 10.2 Å². The Kier molecular flexibility index (Phi) is 5.68. The first kappa shape index (κ1) is 14.8. The van der Waals surface area contributed by atoms with Gasteiger partial charge in [0.05, 0.1) is 6.04 Å². The summed E-state index contributed by atoms with van der Waals surface area (Å²) in [6.45, 7) is 7.58. The Morgan fingerprint density at radius 1 is 1.21 bits per heavy atom. The maximum absolute atomic E-state index is 12.4. The van der Waals surface area contributed by atoms with Gasteiger partial charge in [0.1, 0.15) is 0 Å². The van der Waals surface area contributed by atoms with E-state index in [2.05, 4.69) is 24.1 Å². The zero-order chi connectivity index (χ0) is 13.7. The largest absolute Gasteiger partial charge is 0.341 e. The fourth-order valence-electron chi connectivity index (χ4n) is 3.29. The van der Waals surface area contributed by atoms with Crippen molar-refractivity contribution in [2.45, 2.75) is 64.8 Å². The van der Waals surface area contributed by atoms with Gasteiger partial charge in [-0.3, -0.25) is 4.79 Å². The van der Waals surface area contributed by atoms with Crippen molar-refractivity contribution in [2.24, 2.45) is 11.8 Å². The molecule has 0 radical (unpaired) electrons. The minimum Gasteiger partial charge on any atom is -0.341 e. The summed E-state index contributed by atoms with van der Waals surface area (Å²) in [7, 11) is 0. The smallest absolute Gasteiger partial charge is 0.239 e. The number of amides is 1. The Bertz CT molecular complexity index is 276. The van der Waals surface area contributed by atoms with Crippen LogP contribution in [0.5, 0.6) is 0 Å². The molecule has 0 aromatic heterocycles. The van der Waals surface area contributed by atoms with Gasteiger partial charge in [-0.15, -0.1) is 0 Å². The molecule has 2 rings (SSSR count). The van der Waals surface area contributed by atoms with Crippen molar-refractivity contribution >= 4 is 5.91 Å². The van der Waals surface area contributed by atoms with E-state index in [0.717, 1.165) is 37.9 Å². The standard InChI is InChI=1S/C16H30N2O/c1-13(2)6-7-14-8-11-18(12-9-14)16(19)15-5-3-4-10-17-15/h13-15,17H,3-12H2,1-2H3. The number of nitrogens with zero attached hydrogens (tertiary/aromatic N) is 1. The highest BCUT2D eigenvalue weighted by atomic mass is 16.2. The van der Waals surface area contributed by atoms with Crippen molar-refractivity contribution < 1.29 is 4.79 Å². The summed E-state index contributed by atoms with van der Waals surface area (Å²) in [5.74, 6) is 2.03. The molecule has 1 N–H and O–H groups in total. The maximum atomic E-state index is 12.4. The predicted molar refractivity (Wildman–Crippen MR) is 79.0 cm³/mol. The van der Waals surface area contributed by atoms with E-state index in [4.69, 9.17) is 0 Å². The fraction of sp³-hybridized carbons (Fsp3) is 0.938.